The Morgan fingerprint density at radius 1 is 1.12 bits per heavy atom. The summed E-state index contributed by atoms with van der Waals surface area (Å²) in [7, 11) is 1.56. The number of carbonyl (C=O) groups is 2. The molecule has 1 N–H and O–H groups in total. The lowest BCUT2D eigenvalue weighted by atomic mass is 10.1. The number of amides is 2. The van der Waals surface area contributed by atoms with E-state index in [-0.39, 0.29) is 25.0 Å². The number of para-hydroxylation sites is 1. The molecule has 0 aliphatic heterocycles. The van der Waals surface area contributed by atoms with Crippen LogP contribution in [0.1, 0.15) is 18.9 Å². The number of hydrogen-bond acceptors (Lipinski definition) is 3. The maximum atomic E-state index is 12.8. The second-order valence-electron chi connectivity index (χ2n) is 5.75. The summed E-state index contributed by atoms with van der Waals surface area (Å²) < 4.78 is 5.57. The number of carbonyl (C=O) groups excluding carboxylic acids is 2. The minimum atomic E-state index is -0.594. The van der Waals surface area contributed by atoms with Crippen LogP contribution in [0.4, 0.5) is 0 Å². The first-order chi connectivity index (χ1) is 12.6. The Hall–Kier alpha value is -2.53. The van der Waals surface area contributed by atoms with Gasteiger partial charge < -0.3 is 15.0 Å². The van der Waals surface area contributed by atoms with Gasteiger partial charge in [-0.1, -0.05) is 54.9 Å². The molecule has 6 heteroatoms. The van der Waals surface area contributed by atoms with Gasteiger partial charge in [0.25, 0.3) is 5.91 Å². The average molecular weight is 375 g/mol. The molecule has 0 aliphatic rings. The molecule has 0 bridgehead atoms. The van der Waals surface area contributed by atoms with Gasteiger partial charge in [0.1, 0.15) is 11.8 Å². The third-order valence-corrected chi connectivity index (χ3v) is 4.41. The van der Waals surface area contributed by atoms with E-state index >= 15 is 0 Å². The standard InChI is InChI=1S/C20H23ClN2O3/c1-3-18(20(25)22-2)23(13-15-9-7-8-12-17(15)21)19(24)14-26-16-10-5-4-6-11-16/h4-12,18H,3,13-14H2,1-2H3,(H,22,25). The van der Waals surface area contributed by atoms with Crippen molar-refractivity contribution in [2.24, 2.45) is 0 Å². The molecule has 0 saturated heterocycles. The maximum Gasteiger partial charge on any atom is 0.261 e. The van der Waals surface area contributed by atoms with Crippen molar-refractivity contribution < 1.29 is 14.3 Å². The first-order valence-electron chi connectivity index (χ1n) is 8.49. The van der Waals surface area contributed by atoms with Gasteiger partial charge >= 0.3 is 0 Å². The van der Waals surface area contributed by atoms with Crippen molar-refractivity contribution in [2.75, 3.05) is 13.7 Å². The summed E-state index contributed by atoms with van der Waals surface area (Å²) in [6, 6.07) is 15.8. The van der Waals surface area contributed by atoms with Crippen LogP contribution in [-0.2, 0) is 16.1 Å². The maximum absolute atomic E-state index is 12.8. The molecule has 0 radical (unpaired) electrons. The van der Waals surface area contributed by atoms with Crippen LogP contribution < -0.4 is 10.1 Å². The third-order valence-electron chi connectivity index (χ3n) is 4.04. The van der Waals surface area contributed by atoms with E-state index in [4.69, 9.17) is 16.3 Å². The van der Waals surface area contributed by atoms with Crippen LogP contribution in [0, 0.1) is 0 Å². The van der Waals surface area contributed by atoms with E-state index in [1.54, 1.807) is 25.2 Å². The molecule has 0 heterocycles. The predicted octanol–water partition coefficient (Wildman–Crippen LogP) is 3.27. The summed E-state index contributed by atoms with van der Waals surface area (Å²) in [5.74, 6) is 0.114. The number of nitrogens with zero attached hydrogens (tertiary/aromatic N) is 1. The zero-order valence-electron chi connectivity index (χ0n) is 14.9. The molecule has 2 aromatic carbocycles. The number of hydrogen-bond donors (Lipinski definition) is 1. The molecule has 0 spiro atoms. The Morgan fingerprint density at radius 3 is 2.38 bits per heavy atom. The SMILES string of the molecule is CCC(C(=O)NC)N(Cc1ccccc1Cl)C(=O)COc1ccccc1. The molecule has 138 valence electrons. The molecule has 1 unspecified atom stereocenters. The predicted molar refractivity (Wildman–Crippen MR) is 102 cm³/mol. The van der Waals surface area contributed by atoms with E-state index in [0.29, 0.717) is 17.2 Å². The van der Waals surface area contributed by atoms with E-state index in [9.17, 15) is 9.59 Å². The van der Waals surface area contributed by atoms with Gasteiger partial charge in [0.2, 0.25) is 5.91 Å². The number of likely N-dealkylation sites (N-methyl/N-ethyl adjacent to an activating group) is 1. The Bertz CT molecular complexity index is 737. The van der Waals surface area contributed by atoms with Crippen LogP contribution in [0.5, 0.6) is 5.75 Å². The highest BCUT2D eigenvalue weighted by atomic mass is 35.5. The summed E-state index contributed by atoms with van der Waals surface area (Å²) in [6.07, 6.45) is 0.487. The molecule has 2 amide bonds. The lowest BCUT2D eigenvalue weighted by Crippen LogP contribution is -2.49. The Morgan fingerprint density at radius 2 is 1.77 bits per heavy atom. The molecule has 0 saturated carbocycles. The number of nitrogens with one attached hydrogen (secondary N) is 1. The summed E-state index contributed by atoms with van der Waals surface area (Å²) >= 11 is 6.24. The van der Waals surface area contributed by atoms with Gasteiger partial charge in [-0.2, -0.15) is 0 Å². The second-order valence-corrected chi connectivity index (χ2v) is 6.16. The van der Waals surface area contributed by atoms with E-state index < -0.39 is 6.04 Å². The molecular weight excluding hydrogens is 352 g/mol. The smallest absolute Gasteiger partial charge is 0.261 e. The van der Waals surface area contributed by atoms with Gasteiger partial charge in [0, 0.05) is 18.6 Å². The van der Waals surface area contributed by atoms with Gasteiger partial charge in [-0.25, -0.2) is 0 Å². The van der Waals surface area contributed by atoms with E-state index in [1.807, 2.05) is 43.3 Å². The average Bonchev–Trinajstić information content (AvgIpc) is 2.67. The third kappa shape index (κ3) is 5.23. The van der Waals surface area contributed by atoms with Crippen molar-refractivity contribution in [1.82, 2.24) is 10.2 Å². The van der Waals surface area contributed by atoms with Crippen molar-refractivity contribution in [3.8, 4) is 5.75 Å². The highest BCUT2D eigenvalue weighted by Crippen LogP contribution is 2.20. The summed E-state index contributed by atoms with van der Waals surface area (Å²) in [5.41, 5.74) is 0.782. The first-order valence-corrected chi connectivity index (χ1v) is 8.87. The Balaban J connectivity index is 2.19. The summed E-state index contributed by atoms with van der Waals surface area (Å²) in [6.45, 7) is 1.95. The van der Waals surface area contributed by atoms with Crippen LogP contribution in [0.15, 0.2) is 54.6 Å². The molecule has 5 nitrogen and oxygen atoms in total. The van der Waals surface area contributed by atoms with Gasteiger partial charge in [0.05, 0.1) is 0 Å². The quantitative estimate of drug-likeness (QED) is 0.771. The number of halogens is 1. The Kier molecular flexibility index (Phi) is 7.48. The van der Waals surface area contributed by atoms with Crippen LogP contribution in [0.3, 0.4) is 0 Å². The van der Waals surface area contributed by atoms with Crippen molar-refractivity contribution >= 4 is 23.4 Å². The van der Waals surface area contributed by atoms with E-state index in [2.05, 4.69) is 5.32 Å². The van der Waals surface area contributed by atoms with Crippen molar-refractivity contribution in [3.05, 3.63) is 65.2 Å². The fourth-order valence-corrected chi connectivity index (χ4v) is 2.84. The van der Waals surface area contributed by atoms with Gasteiger partial charge in [-0.3, -0.25) is 9.59 Å². The van der Waals surface area contributed by atoms with Crippen molar-refractivity contribution in [1.29, 1.82) is 0 Å². The van der Waals surface area contributed by atoms with Gasteiger partial charge in [-0.15, -0.1) is 0 Å². The molecule has 0 aromatic heterocycles. The van der Waals surface area contributed by atoms with Gasteiger partial charge in [0.15, 0.2) is 6.61 Å². The van der Waals surface area contributed by atoms with Crippen LogP contribution in [0.25, 0.3) is 0 Å². The minimum absolute atomic E-state index is 0.151. The lowest BCUT2D eigenvalue weighted by Gasteiger charge is -2.30. The monoisotopic (exact) mass is 374 g/mol. The molecule has 2 rings (SSSR count). The number of ether oxygens (including phenoxy) is 1. The molecule has 0 aliphatic carbocycles. The normalized spacial score (nSPS) is 11.5. The van der Waals surface area contributed by atoms with Crippen LogP contribution >= 0.6 is 11.6 Å². The second kappa shape index (κ2) is 9.82. The fraction of sp³-hybridized carbons (Fsp3) is 0.300. The fourth-order valence-electron chi connectivity index (χ4n) is 2.64. The molecule has 0 fully saturated rings. The molecule has 1 atom stereocenters. The molecular formula is C20H23ClN2O3. The minimum Gasteiger partial charge on any atom is -0.484 e. The summed E-state index contributed by atoms with van der Waals surface area (Å²) in [5, 5.41) is 3.18. The zero-order valence-corrected chi connectivity index (χ0v) is 15.7. The van der Waals surface area contributed by atoms with Crippen molar-refractivity contribution in [2.45, 2.75) is 25.9 Å². The lowest BCUT2D eigenvalue weighted by molar-refractivity contribution is -0.142. The molecule has 26 heavy (non-hydrogen) atoms. The number of benzene rings is 2. The van der Waals surface area contributed by atoms with E-state index in [0.717, 1.165) is 5.56 Å². The zero-order chi connectivity index (χ0) is 18.9. The van der Waals surface area contributed by atoms with Crippen molar-refractivity contribution in [3.63, 3.8) is 0 Å². The molecule has 2 aromatic rings. The van der Waals surface area contributed by atoms with Crippen LogP contribution in [-0.4, -0.2) is 36.4 Å². The Labute approximate surface area is 158 Å². The first kappa shape index (κ1) is 19.8. The van der Waals surface area contributed by atoms with Crippen LogP contribution in [0.2, 0.25) is 5.02 Å². The highest BCUT2D eigenvalue weighted by molar-refractivity contribution is 6.31. The van der Waals surface area contributed by atoms with Gasteiger partial charge in [-0.05, 0) is 30.2 Å². The van der Waals surface area contributed by atoms with E-state index in [1.165, 1.54) is 4.90 Å². The largest absolute Gasteiger partial charge is 0.484 e. The number of rotatable bonds is 8. The highest BCUT2D eigenvalue weighted by Gasteiger charge is 2.28. The topological polar surface area (TPSA) is 58.6 Å². The summed E-state index contributed by atoms with van der Waals surface area (Å²) in [4.78, 5) is 26.6.